The van der Waals surface area contributed by atoms with Gasteiger partial charge in [-0.15, -0.1) is 0 Å². The van der Waals surface area contributed by atoms with Crippen molar-refractivity contribution in [3.05, 3.63) is 0 Å². The van der Waals surface area contributed by atoms with E-state index in [4.69, 9.17) is 0 Å². The predicted molar refractivity (Wildman–Crippen MR) is 57.4 cm³/mol. The first-order chi connectivity index (χ1) is 6.18. The van der Waals surface area contributed by atoms with Gasteiger partial charge in [-0.05, 0) is 6.42 Å². The molecule has 1 unspecified atom stereocenters. The summed E-state index contributed by atoms with van der Waals surface area (Å²) in [5.41, 5.74) is 0. The zero-order valence-corrected chi connectivity index (χ0v) is 10.0. The maximum Gasteiger partial charge on any atom is 0.241 e. The largest absolute Gasteiger partial charge is 0.241 e. The number of rotatable bonds is 4. The summed E-state index contributed by atoms with van der Waals surface area (Å²) < 4.78 is 23.5. The molecule has 0 aromatic heterocycles. The third kappa shape index (κ3) is 18.7. The van der Waals surface area contributed by atoms with Crippen molar-refractivity contribution < 1.29 is 8.78 Å². The molecule has 0 bridgehead atoms. The minimum Gasteiger partial charge on any atom is -0.210 e. The lowest BCUT2D eigenvalue weighted by Gasteiger charge is -2.07. The maximum atomic E-state index is 11.8. The topological polar surface area (TPSA) is 0 Å². The Bertz CT molecular complexity index is 63.1. The van der Waals surface area contributed by atoms with Crippen molar-refractivity contribution >= 4 is 0 Å². The summed E-state index contributed by atoms with van der Waals surface area (Å²) in [5, 5.41) is 0. The highest BCUT2D eigenvalue weighted by Gasteiger charge is 2.12. The molecule has 0 rings (SSSR count). The van der Waals surface area contributed by atoms with Gasteiger partial charge in [0.1, 0.15) is 0 Å². The maximum absolute atomic E-state index is 11.8. The zero-order chi connectivity index (χ0) is 11.3. The highest BCUT2D eigenvalue weighted by molar-refractivity contribution is 4.53. The van der Waals surface area contributed by atoms with Crippen LogP contribution in [0.4, 0.5) is 8.78 Å². The smallest absolute Gasteiger partial charge is 0.210 e. The molecule has 0 radical (unpaired) electrons. The lowest BCUT2D eigenvalue weighted by atomic mass is 10.1. The summed E-state index contributed by atoms with van der Waals surface area (Å²) in [4.78, 5) is 0. The minimum absolute atomic E-state index is 0.412. The average Bonchev–Trinajstić information content (AvgIpc) is 2.20. The van der Waals surface area contributed by atoms with E-state index in [1.807, 2.05) is 34.6 Å². The van der Waals surface area contributed by atoms with Crippen LogP contribution >= 0.6 is 0 Å². The van der Waals surface area contributed by atoms with E-state index in [0.717, 1.165) is 12.8 Å². The second-order valence-corrected chi connectivity index (χ2v) is 2.45. The van der Waals surface area contributed by atoms with Gasteiger partial charge in [-0.1, -0.05) is 54.4 Å². The number of alkyl halides is 2. The fraction of sp³-hybridized carbons (Fsp3) is 1.00. The Hall–Kier alpha value is -0.140. The van der Waals surface area contributed by atoms with Gasteiger partial charge in [0.2, 0.25) is 6.43 Å². The third-order valence-electron chi connectivity index (χ3n) is 1.44. The zero-order valence-electron chi connectivity index (χ0n) is 10.0. The Kier molecular flexibility index (Phi) is 25.5. The van der Waals surface area contributed by atoms with Crippen LogP contribution < -0.4 is 0 Å². The van der Waals surface area contributed by atoms with Gasteiger partial charge in [0.15, 0.2) is 0 Å². The van der Waals surface area contributed by atoms with E-state index in [1.165, 1.54) is 0 Å². The van der Waals surface area contributed by atoms with Gasteiger partial charge in [-0.3, -0.25) is 0 Å². The Balaban J connectivity index is -0.000000218. The quantitative estimate of drug-likeness (QED) is 0.584. The van der Waals surface area contributed by atoms with E-state index >= 15 is 0 Å². The van der Waals surface area contributed by atoms with Crippen LogP contribution in [0.15, 0.2) is 0 Å². The van der Waals surface area contributed by atoms with Crippen molar-refractivity contribution in [2.75, 3.05) is 0 Å². The van der Waals surface area contributed by atoms with Gasteiger partial charge in [0.05, 0.1) is 0 Å². The van der Waals surface area contributed by atoms with Crippen LogP contribution in [0.2, 0.25) is 0 Å². The first-order valence-electron chi connectivity index (χ1n) is 5.46. The van der Waals surface area contributed by atoms with Crippen LogP contribution in [-0.4, -0.2) is 6.43 Å². The highest BCUT2D eigenvalue weighted by atomic mass is 19.3. The Morgan fingerprint density at radius 2 is 1.38 bits per heavy atom. The molecule has 0 amide bonds. The van der Waals surface area contributed by atoms with Crippen molar-refractivity contribution in [3.8, 4) is 0 Å². The van der Waals surface area contributed by atoms with Crippen LogP contribution in [0.25, 0.3) is 0 Å². The average molecular weight is 196 g/mol. The van der Waals surface area contributed by atoms with Gasteiger partial charge >= 0.3 is 0 Å². The van der Waals surface area contributed by atoms with Gasteiger partial charge in [-0.2, -0.15) is 0 Å². The molecule has 2 heteroatoms. The molecule has 0 saturated carbocycles. The number of hydrogen-bond donors (Lipinski definition) is 0. The number of halogens is 2. The van der Waals surface area contributed by atoms with Crippen LogP contribution in [0, 0.1) is 5.92 Å². The molecule has 1 atom stereocenters. The van der Waals surface area contributed by atoms with Crippen LogP contribution in [-0.2, 0) is 0 Å². The molecular formula is C11H26F2. The first-order valence-corrected chi connectivity index (χ1v) is 5.46. The van der Waals surface area contributed by atoms with E-state index < -0.39 is 12.3 Å². The molecule has 0 aromatic rings. The molecule has 0 saturated heterocycles. The summed E-state index contributed by atoms with van der Waals surface area (Å²) in [6.45, 7) is 11.6. The van der Waals surface area contributed by atoms with Crippen molar-refractivity contribution in [1.82, 2.24) is 0 Å². The summed E-state index contributed by atoms with van der Waals surface area (Å²) >= 11 is 0. The van der Waals surface area contributed by atoms with Crippen LogP contribution in [0.5, 0.6) is 0 Å². The Labute approximate surface area is 82.7 Å². The van der Waals surface area contributed by atoms with E-state index in [2.05, 4.69) is 0 Å². The number of unbranched alkanes of at least 4 members (excludes halogenated alkanes) is 1. The molecule has 0 aliphatic heterocycles. The minimum atomic E-state index is -2.13. The second-order valence-electron chi connectivity index (χ2n) is 2.45. The van der Waals surface area contributed by atoms with Crippen molar-refractivity contribution in [3.63, 3.8) is 0 Å². The number of hydrogen-bond acceptors (Lipinski definition) is 0. The van der Waals surface area contributed by atoms with E-state index in [9.17, 15) is 8.78 Å². The van der Waals surface area contributed by atoms with Gasteiger partial charge in [0.25, 0.3) is 0 Å². The van der Waals surface area contributed by atoms with Crippen LogP contribution in [0.3, 0.4) is 0 Å². The highest BCUT2D eigenvalue weighted by Crippen LogP contribution is 2.15. The molecule has 0 nitrogen and oxygen atoms in total. The Morgan fingerprint density at radius 3 is 1.62 bits per heavy atom. The Morgan fingerprint density at radius 1 is 1.00 bits per heavy atom. The molecule has 84 valence electrons. The normalized spacial score (nSPS) is 10.8. The predicted octanol–water partition coefficient (Wildman–Crippen LogP) is 5.13. The molecule has 0 fully saturated rings. The summed E-state index contributed by atoms with van der Waals surface area (Å²) in [5.74, 6) is -0.412. The summed E-state index contributed by atoms with van der Waals surface area (Å²) in [6, 6.07) is 0. The fourth-order valence-electron chi connectivity index (χ4n) is 0.652. The van der Waals surface area contributed by atoms with Crippen molar-refractivity contribution in [2.45, 2.75) is 67.2 Å². The fourth-order valence-corrected chi connectivity index (χ4v) is 0.652. The van der Waals surface area contributed by atoms with Crippen LogP contribution in [0.1, 0.15) is 60.8 Å². The SMILES string of the molecule is CC.CC.CCCCC(C)C(F)F. The lowest BCUT2D eigenvalue weighted by Crippen LogP contribution is -2.05. The van der Waals surface area contributed by atoms with E-state index in [0.29, 0.717) is 6.42 Å². The van der Waals surface area contributed by atoms with Gasteiger partial charge < -0.3 is 0 Å². The monoisotopic (exact) mass is 196 g/mol. The molecule has 0 heterocycles. The summed E-state index contributed by atoms with van der Waals surface area (Å²) in [7, 11) is 0. The standard InChI is InChI=1S/C7H14F2.2C2H6/c1-3-4-5-6(2)7(8)9;2*1-2/h6-7H,3-5H2,1-2H3;2*1-2H3. The second kappa shape index (κ2) is 17.8. The molecule has 0 N–H and O–H groups in total. The third-order valence-corrected chi connectivity index (χ3v) is 1.44. The summed E-state index contributed by atoms with van der Waals surface area (Å²) in [6.07, 6.45) is 0.466. The molecule has 0 aromatic carbocycles. The lowest BCUT2D eigenvalue weighted by molar-refractivity contribution is 0.0808. The van der Waals surface area contributed by atoms with E-state index in [-0.39, 0.29) is 0 Å². The van der Waals surface area contributed by atoms with Crippen molar-refractivity contribution in [1.29, 1.82) is 0 Å². The molecule has 0 aliphatic carbocycles. The van der Waals surface area contributed by atoms with E-state index in [1.54, 1.807) is 6.92 Å². The molecule has 0 spiro atoms. The van der Waals surface area contributed by atoms with Crippen molar-refractivity contribution in [2.24, 2.45) is 5.92 Å². The molecule has 13 heavy (non-hydrogen) atoms. The van der Waals surface area contributed by atoms with Gasteiger partial charge in [-0.25, -0.2) is 8.78 Å². The molecule has 0 aliphatic rings. The molecular weight excluding hydrogens is 170 g/mol. The first kappa shape index (κ1) is 18.6. The van der Waals surface area contributed by atoms with Gasteiger partial charge in [0, 0.05) is 5.92 Å².